The topological polar surface area (TPSA) is 74.6 Å². The molecule has 4 atom stereocenters. The number of aliphatic carboxylic acids is 2. The maximum absolute atomic E-state index is 11.2. The molecule has 4 rings (SSSR count). The van der Waals surface area contributed by atoms with Crippen LogP contribution in [0.15, 0.2) is 0 Å². The molecule has 82 valence electrons. The lowest BCUT2D eigenvalue weighted by Crippen LogP contribution is -2.35. The summed E-state index contributed by atoms with van der Waals surface area (Å²) in [6, 6.07) is 0. The average Bonchev–Trinajstić information content (AvgIpc) is 2.52. The summed E-state index contributed by atoms with van der Waals surface area (Å²) in [6.45, 7) is 0. The molecule has 4 aliphatic carbocycles. The lowest BCUT2D eigenvalue weighted by molar-refractivity contribution is -0.149. The van der Waals surface area contributed by atoms with Crippen molar-refractivity contribution < 1.29 is 19.8 Å². The normalized spacial score (nSPS) is 50.9. The van der Waals surface area contributed by atoms with Gasteiger partial charge in [0.25, 0.3) is 0 Å². The van der Waals surface area contributed by atoms with Crippen molar-refractivity contribution in [3.05, 3.63) is 0 Å². The molecule has 0 aromatic heterocycles. The molecular formula is C11H14O4. The summed E-state index contributed by atoms with van der Waals surface area (Å²) in [7, 11) is 0. The minimum Gasteiger partial charge on any atom is -0.481 e. The molecule has 2 N–H and O–H groups in total. The highest BCUT2D eigenvalue weighted by Gasteiger charge is 2.63. The van der Waals surface area contributed by atoms with Crippen molar-refractivity contribution in [2.24, 2.45) is 35.5 Å². The zero-order valence-electron chi connectivity index (χ0n) is 8.30. The van der Waals surface area contributed by atoms with Crippen molar-refractivity contribution in [3.63, 3.8) is 0 Å². The zero-order chi connectivity index (χ0) is 10.7. The van der Waals surface area contributed by atoms with Crippen LogP contribution in [0, 0.1) is 35.5 Å². The zero-order valence-corrected chi connectivity index (χ0v) is 8.30. The number of carbonyl (C=O) groups is 2. The molecule has 0 amide bonds. The molecule has 0 aromatic rings. The van der Waals surface area contributed by atoms with Crippen molar-refractivity contribution in [1.29, 1.82) is 0 Å². The maximum atomic E-state index is 11.2. The summed E-state index contributed by atoms with van der Waals surface area (Å²) in [4.78, 5) is 22.3. The van der Waals surface area contributed by atoms with Crippen LogP contribution in [-0.4, -0.2) is 22.2 Å². The molecule has 0 saturated heterocycles. The highest BCUT2D eigenvalue weighted by molar-refractivity contribution is 5.77. The van der Waals surface area contributed by atoms with Crippen LogP contribution < -0.4 is 0 Å². The first kappa shape index (κ1) is 9.19. The molecule has 4 fully saturated rings. The van der Waals surface area contributed by atoms with E-state index >= 15 is 0 Å². The van der Waals surface area contributed by atoms with Gasteiger partial charge in [-0.3, -0.25) is 9.59 Å². The van der Waals surface area contributed by atoms with Crippen molar-refractivity contribution in [1.82, 2.24) is 0 Å². The number of rotatable bonds is 2. The van der Waals surface area contributed by atoms with E-state index in [1.165, 1.54) is 0 Å². The van der Waals surface area contributed by atoms with Gasteiger partial charge in [-0.2, -0.15) is 0 Å². The number of hydrogen-bond donors (Lipinski definition) is 2. The minimum absolute atomic E-state index is 0.0949. The molecule has 15 heavy (non-hydrogen) atoms. The summed E-state index contributed by atoms with van der Waals surface area (Å²) >= 11 is 0. The van der Waals surface area contributed by atoms with E-state index in [-0.39, 0.29) is 29.6 Å². The second-order valence-corrected chi connectivity index (χ2v) is 5.29. The molecule has 0 aliphatic heterocycles. The SMILES string of the molecule is O=C(O)C1C2CC3CC2C(C(=O)O)C1C3. The van der Waals surface area contributed by atoms with Crippen molar-refractivity contribution >= 4 is 11.9 Å². The van der Waals surface area contributed by atoms with Crippen LogP contribution in [0.25, 0.3) is 0 Å². The first-order valence-corrected chi connectivity index (χ1v) is 5.55. The van der Waals surface area contributed by atoms with E-state index in [0.29, 0.717) is 5.92 Å². The Morgan fingerprint density at radius 2 is 1.20 bits per heavy atom. The van der Waals surface area contributed by atoms with Crippen LogP contribution >= 0.6 is 0 Å². The van der Waals surface area contributed by atoms with Crippen LogP contribution in [0.1, 0.15) is 19.3 Å². The van der Waals surface area contributed by atoms with E-state index < -0.39 is 11.9 Å². The van der Waals surface area contributed by atoms with Gasteiger partial charge >= 0.3 is 11.9 Å². The second kappa shape index (κ2) is 2.74. The quantitative estimate of drug-likeness (QED) is 0.714. The van der Waals surface area contributed by atoms with Gasteiger partial charge in [0, 0.05) is 0 Å². The van der Waals surface area contributed by atoms with Gasteiger partial charge in [-0.15, -0.1) is 0 Å². The molecule has 4 bridgehead atoms. The maximum Gasteiger partial charge on any atom is 0.307 e. The standard InChI is InChI=1S/C11H14O4/c12-10(13)8-5-1-4-2-6(5)9(11(14)15)7(8)3-4/h4-9H,1-3H2,(H,12,13)(H,14,15). The average molecular weight is 210 g/mol. The second-order valence-electron chi connectivity index (χ2n) is 5.29. The number of carboxylic acid groups (broad SMARTS) is 2. The number of carboxylic acids is 2. The van der Waals surface area contributed by atoms with Crippen molar-refractivity contribution in [2.75, 3.05) is 0 Å². The Labute approximate surface area is 87.3 Å². The monoisotopic (exact) mass is 210 g/mol. The first-order chi connectivity index (χ1) is 7.09. The summed E-state index contributed by atoms with van der Waals surface area (Å²) in [5, 5.41) is 18.3. The Kier molecular flexibility index (Phi) is 1.68. The molecule has 4 unspecified atom stereocenters. The van der Waals surface area contributed by atoms with Gasteiger partial charge in [0.1, 0.15) is 0 Å². The Balaban J connectivity index is 1.98. The van der Waals surface area contributed by atoms with Crippen LogP contribution in [0.3, 0.4) is 0 Å². The van der Waals surface area contributed by atoms with Crippen LogP contribution in [0.2, 0.25) is 0 Å². The molecule has 0 heterocycles. The molecular weight excluding hydrogens is 196 g/mol. The lowest BCUT2D eigenvalue weighted by atomic mass is 9.71. The van der Waals surface area contributed by atoms with E-state index in [0.717, 1.165) is 19.3 Å². The van der Waals surface area contributed by atoms with E-state index in [2.05, 4.69) is 0 Å². The third-order valence-electron chi connectivity index (χ3n) is 4.78. The smallest absolute Gasteiger partial charge is 0.307 e. The lowest BCUT2D eigenvalue weighted by Gasteiger charge is -2.32. The van der Waals surface area contributed by atoms with Gasteiger partial charge in [0.15, 0.2) is 0 Å². The molecule has 0 spiro atoms. The van der Waals surface area contributed by atoms with Gasteiger partial charge in [-0.1, -0.05) is 0 Å². The molecule has 4 heteroatoms. The largest absolute Gasteiger partial charge is 0.481 e. The Morgan fingerprint density at radius 3 is 1.60 bits per heavy atom. The van der Waals surface area contributed by atoms with Gasteiger partial charge in [-0.05, 0) is 42.9 Å². The summed E-state index contributed by atoms with van der Waals surface area (Å²) in [5.41, 5.74) is 0. The molecule has 4 aliphatic rings. The summed E-state index contributed by atoms with van der Waals surface area (Å²) in [6.07, 6.45) is 2.71. The fraction of sp³-hybridized carbons (Fsp3) is 0.818. The summed E-state index contributed by atoms with van der Waals surface area (Å²) in [5.74, 6) is -1.51. The van der Waals surface area contributed by atoms with Gasteiger partial charge in [0.2, 0.25) is 0 Å². The van der Waals surface area contributed by atoms with Gasteiger partial charge in [0.05, 0.1) is 11.8 Å². The Morgan fingerprint density at radius 1 is 0.800 bits per heavy atom. The molecule has 0 radical (unpaired) electrons. The summed E-state index contributed by atoms with van der Waals surface area (Å²) < 4.78 is 0. The third-order valence-corrected chi connectivity index (χ3v) is 4.78. The fourth-order valence-electron chi connectivity index (χ4n) is 4.50. The van der Waals surface area contributed by atoms with E-state index in [1.54, 1.807) is 0 Å². The highest BCUT2D eigenvalue weighted by atomic mass is 16.4. The van der Waals surface area contributed by atoms with Crippen LogP contribution in [0.4, 0.5) is 0 Å². The van der Waals surface area contributed by atoms with Gasteiger partial charge in [-0.25, -0.2) is 0 Å². The Hall–Kier alpha value is -1.06. The fourth-order valence-corrected chi connectivity index (χ4v) is 4.50. The minimum atomic E-state index is -0.779. The predicted octanol–water partition coefficient (Wildman–Crippen LogP) is 1.06. The van der Waals surface area contributed by atoms with Gasteiger partial charge < -0.3 is 10.2 Å². The molecule has 4 nitrogen and oxygen atoms in total. The van der Waals surface area contributed by atoms with Crippen molar-refractivity contribution in [3.8, 4) is 0 Å². The van der Waals surface area contributed by atoms with E-state index in [4.69, 9.17) is 10.2 Å². The molecule has 4 saturated carbocycles. The van der Waals surface area contributed by atoms with Crippen LogP contribution in [-0.2, 0) is 9.59 Å². The van der Waals surface area contributed by atoms with Crippen molar-refractivity contribution in [2.45, 2.75) is 19.3 Å². The Bertz CT molecular complexity index is 307. The van der Waals surface area contributed by atoms with E-state index in [9.17, 15) is 9.59 Å². The highest BCUT2D eigenvalue weighted by Crippen LogP contribution is 2.63. The van der Waals surface area contributed by atoms with Crippen LogP contribution in [0.5, 0.6) is 0 Å². The third kappa shape index (κ3) is 1.02. The first-order valence-electron chi connectivity index (χ1n) is 5.55. The predicted molar refractivity (Wildman–Crippen MR) is 50.1 cm³/mol. The van der Waals surface area contributed by atoms with E-state index in [1.807, 2.05) is 0 Å². The number of hydrogen-bond acceptors (Lipinski definition) is 2. The molecule has 0 aromatic carbocycles.